The summed E-state index contributed by atoms with van der Waals surface area (Å²) < 4.78 is 0.970. The van der Waals surface area contributed by atoms with Gasteiger partial charge in [-0.1, -0.05) is 39.3 Å². The van der Waals surface area contributed by atoms with E-state index in [1.54, 1.807) is 6.08 Å². The van der Waals surface area contributed by atoms with Crippen LogP contribution in [0.3, 0.4) is 0 Å². The first-order chi connectivity index (χ1) is 7.90. The normalized spacial score (nSPS) is 10.8. The molecule has 0 saturated heterocycles. The van der Waals surface area contributed by atoms with Gasteiger partial charge in [0.05, 0.1) is 10.7 Å². The van der Waals surface area contributed by atoms with Crippen molar-refractivity contribution in [2.45, 2.75) is 39.5 Å². The van der Waals surface area contributed by atoms with Crippen molar-refractivity contribution >= 4 is 46.0 Å². The fourth-order valence-corrected chi connectivity index (χ4v) is 3.05. The van der Waals surface area contributed by atoms with E-state index in [-0.39, 0.29) is 11.8 Å². The Hall–Kier alpha value is -0.380. The van der Waals surface area contributed by atoms with E-state index in [0.29, 0.717) is 0 Å². The van der Waals surface area contributed by atoms with E-state index in [2.05, 4.69) is 55.3 Å². The summed E-state index contributed by atoms with van der Waals surface area (Å²) >= 11 is 8.44. The lowest BCUT2D eigenvalue weighted by Crippen LogP contribution is -1.99. The summed E-state index contributed by atoms with van der Waals surface area (Å²) in [5, 5.41) is 0.725. The molecule has 0 aliphatic rings. The highest BCUT2D eigenvalue weighted by Gasteiger charge is 2.19. The molecule has 92 valence electrons. The third-order valence-corrected chi connectivity index (χ3v) is 4.39. The number of nitrogens with zero attached hydrogens (tertiary/aromatic N) is 1. The maximum Gasteiger partial charge on any atom is 0.240 e. The van der Waals surface area contributed by atoms with Crippen LogP contribution in [0.1, 0.15) is 50.7 Å². The number of halogens is 2. The average molecular weight is 364 g/mol. The van der Waals surface area contributed by atoms with Gasteiger partial charge in [0.15, 0.2) is 0 Å². The van der Waals surface area contributed by atoms with E-state index in [1.807, 2.05) is 6.07 Å². The van der Waals surface area contributed by atoms with Crippen molar-refractivity contribution in [3.05, 3.63) is 25.8 Å². The van der Waals surface area contributed by atoms with E-state index in [1.165, 1.54) is 0 Å². The molecule has 0 aliphatic heterocycles. The summed E-state index contributed by atoms with van der Waals surface area (Å²) in [6.07, 6.45) is 1.65. The predicted molar refractivity (Wildman–Crippen MR) is 80.1 cm³/mol. The zero-order valence-corrected chi connectivity index (χ0v) is 13.3. The average Bonchev–Trinajstić information content (AvgIpc) is 2.22. The summed E-state index contributed by atoms with van der Waals surface area (Å²) in [4.78, 5) is 14.5. The fraction of sp³-hybridized carbons (Fsp3) is 0.462. The van der Waals surface area contributed by atoms with Crippen LogP contribution in [-0.4, -0.2) is 6.08 Å². The molecule has 0 radical (unpaired) electrons. The first kappa shape index (κ1) is 14.7. The van der Waals surface area contributed by atoms with Crippen LogP contribution in [0, 0.1) is 3.57 Å². The lowest BCUT2D eigenvalue weighted by Gasteiger charge is -2.18. The fourth-order valence-electron chi connectivity index (χ4n) is 1.79. The molecular formula is C13H15ClINO. The first-order valence-corrected chi connectivity index (χ1v) is 6.95. The Morgan fingerprint density at radius 3 is 2.29 bits per heavy atom. The molecule has 0 bridgehead atoms. The molecule has 0 fully saturated rings. The van der Waals surface area contributed by atoms with Gasteiger partial charge >= 0.3 is 0 Å². The van der Waals surface area contributed by atoms with Gasteiger partial charge in [-0.15, -0.1) is 0 Å². The Morgan fingerprint density at radius 2 is 1.88 bits per heavy atom. The molecule has 0 unspecified atom stereocenters. The summed E-state index contributed by atoms with van der Waals surface area (Å²) in [6.45, 7) is 8.27. The monoisotopic (exact) mass is 363 g/mol. The van der Waals surface area contributed by atoms with E-state index in [9.17, 15) is 4.79 Å². The summed E-state index contributed by atoms with van der Waals surface area (Å²) in [6, 6.07) is 1.90. The van der Waals surface area contributed by atoms with Gasteiger partial charge in [0.25, 0.3) is 0 Å². The van der Waals surface area contributed by atoms with Crippen LogP contribution in [0.4, 0.5) is 5.69 Å². The van der Waals surface area contributed by atoms with E-state index < -0.39 is 0 Å². The molecule has 0 amide bonds. The first-order valence-electron chi connectivity index (χ1n) is 5.49. The van der Waals surface area contributed by atoms with Crippen LogP contribution < -0.4 is 0 Å². The number of isocyanates is 1. The minimum absolute atomic E-state index is 0.269. The van der Waals surface area contributed by atoms with Crippen LogP contribution >= 0.6 is 34.2 Å². The molecule has 1 rings (SSSR count). The Kier molecular flexibility index (Phi) is 5.17. The van der Waals surface area contributed by atoms with Crippen LogP contribution in [0.2, 0.25) is 5.02 Å². The highest BCUT2D eigenvalue weighted by Crippen LogP contribution is 2.41. The van der Waals surface area contributed by atoms with E-state index >= 15 is 0 Å². The number of benzene rings is 1. The van der Waals surface area contributed by atoms with Crippen molar-refractivity contribution < 1.29 is 4.79 Å². The van der Waals surface area contributed by atoms with Crippen molar-refractivity contribution in [3.63, 3.8) is 0 Å². The van der Waals surface area contributed by atoms with Crippen LogP contribution in [0.25, 0.3) is 0 Å². The number of hydrogen-bond donors (Lipinski definition) is 0. The largest absolute Gasteiger partial charge is 0.240 e. The molecule has 2 nitrogen and oxygen atoms in total. The molecule has 0 spiro atoms. The lowest BCUT2D eigenvalue weighted by molar-refractivity contribution is 0.565. The van der Waals surface area contributed by atoms with Crippen LogP contribution in [0.15, 0.2) is 11.1 Å². The van der Waals surface area contributed by atoms with Gasteiger partial charge in [-0.2, -0.15) is 4.99 Å². The zero-order chi connectivity index (χ0) is 13.2. The molecule has 17 heavy (non-hydrogen) atoms. The molecule has 4 heteroatoms. The van der Waals surface area contributed by atoms with Gasteiger partial charge in [0, 0.05) is 3.57 Å². The van der Waals surface area contributed by atoms with Crippen LogP contribution in [0.5, 0.6) is 0 Å². The molecule has 0 aromatic heterocycles. The number of aliphatic imine (C=N–C) groups is 1. The van der Waals surface area contributed by atoms with Crippen molar-refractivity contribution in [1.29, 1.82) is 0 Å². The second-order valence-corrected chi connectivity index (χ2v) is 6.02. The van der Waals surface area contributed by atoms with Gasteiger partial charge in [-0.3, -0.25) is 0 Å². The van der Waals surface area contributed by atoms with Gasteiger partial charge in [0.2, 0.25) is 6.08 Å². The molecule has 0 N–H and O–H groups in total. The second kappa shape index (κ2) is 5.98. The van der Waals surface area contributed by atoms with Gasteiger partial charge in [-0.05, 0) is 51.6 Å². The standard InChI is InChI=1S/C13H15ClINO/c1-7(2)9-5-10(14)12(15)11(8(3)4)13(9)16-6-17/h5,7-8H,1-4H3. The molecule has 1 aromatic carbocycles. The van der Waals surface area contributed by atoms with Crippen molar-refractivity contribution in [3.8, 4) is 0 Å². The SMILES string of the molecule is CC(C)c1cc(Cl)c(I)c(C(C)C)c1N=C=O. The molecule has 1 aromatic rings. The van der Waals surface area contributed by atoms with Crippen molar-refractivity contribution in [2.75, 3.05) is 0 Å². The lowest BCUT2D eigenvalue weighted by atomic mass is 9.93. The minimum atomic E-state index is 0.269. The predicted octanol–water partition coefficient (Wildman–Crippen LogP) is 5.16. The van der Waals surface area contributed by atoms with Gasteiger partial charge < -0.3 is 0 Å². The number of carbonyl (C=O) groups excluding carboxylic acids is 1. The molecule has 0 aliphatic carbocycles. The highest BCUT2D eigenvalue weighted by atomic mass is 127. The summed E-state index contributed by atoms with van der Waals surface area (Å²) in [5.41, 5.74) is 2.77. The summed E-state index contributed by atoms with van der Waals surface area (Å²) in [5.74, 6) is 0.541. The van der Waals surface area contributed by atoms with E-state index in [0.717, 1.165) is 25.4 Å². The van der Waals surface area contributed by atoms with Gasteiger partial charge in [-0.25, -0.2) is 4.79 Å². The third-order valence-electron chi connectivity index (χ3n) is 2.61. The van der Waals surface area contributed by atoms with Crippen molar-refractivity contribution in [1.82, 2.24) is 0 Å². The second-order valence-electron chi connectivity index (χ2n) is 4.54. The number of hydrogen-bond acceptors (Lipinski definition) is 2. The molecule has 0 atom stereocenters. The zero-order valence-electron chi connectivity index (χ0n) is 10.3. The maximum absolute atomic E-state index is 10.6. The highest BCUT2D eigenvalue weighted by molar-refractivity contribution is 14.1. The van der Waals surface area contributed by atoms with Crippen LogP contribution in [-0.2, 0) is 4.79 Å². The maximum atomic E-state index is 10.6. The topological polar surface area (TPSA) is 29.4 Å². The smallest absolute Gasteiger partial charge is 0.211 e. The van der Waals surface area contributed by atoms with Crippen molar-refractivity contribution in [2.24, 2.45) is 4.99 Å². The van der Waals surface area contributed by atoms with Gasteiger partial charge in [0.1, 0.15) is 0 Å². The Morgan fingerprint density at radius 1 is 1.29 bits per heavy atom. The van der Waals surface area contributed by atoms with E-state index in [4.69, 9.17) is 11.6 Å². The molecule has 0 saturated carbocycles. The number of rotatable bonds is 3. The summed E-state index contributed by atoms with van der Waals surface area (Å²) in [7, 11) is 0. The Balaban J connectivity index is 3.69. The molecule has 0 heterocycles. The Bertz CT molecular complexity index is 477. The quantitative estimate of drug-likeness (QED) is 0.414. The minimum Gasteiger partial charge on any atom is -0.211 e. The third kappa shape index (κ3) is 3.09. The molecular weight excluding hydrogens is 349 g/mol. The Labute approximate surface area is 121 Å².